The summed E-state index contributed by atoms with van der Waals surface area (Å²) in [6, 6.07) is 0.0660. The van der Waals surface area contributed by atoms with Crippen molar-refractivity contribution in [3.05, 3.63) is 0 Å². The molecule has 18 heavy (non-hydrogen) atoms. The van der Waals surface area contributed by atoms with Gasteiger partial charge in [0.15, 0.2) is 0 Å². The van der Waals surface area contributed by atoms with Crippen LogP contribution in [0.5, 0.6) is 0 Å². The molecule has 2 saturated carbocycles. The fourth-order valence-electron chi connectivity index (χ4n) is 3.78. The van der Waals surface area contributed by atoms with Crippen LogP contribution < -0.4 is 11.1 Å². The predicted octanol–water partition coefficient (Wildman–Crippen LogP) is 2.30. The highest BCUT2D eigenvalue weighted by atomic mass is 16.1. The smallest absolute Gasteiger partial charge is 0.224 e. The molecule has 2 rings (SSSR count). The molecule has 2 fully saturated rings. The standard InChI is InChI=1S/C15H28N2O/c1-10-6-7-12(8-10)9-17-15(18)14-11(2)4-3-5-13(14)16/h10-14H,3-9,16H2,1-2H3,(H,17,18). The van der Waals surface area contributed by atoms with E-state index in [2.05, 4.69) is 19.2 Å². The maximum absolute atomic E-state index is 12.3. The van der Waals surface area contributed by atoms with Crippen molar-refractivity contribution in [2.24, 2.45) is 29.4 Å². The number of nitrogens with one attached hydrogen (secondary N) is 1. The van der Waals surface area contributed by atoms with E-state index in [4.69, 9.17) is 5.73 Å². The van der Waals surface area contributed by atoms with E-state index in [1.165, 1.54) is 25.7 Å². The third-order valence-corrected chi connectivity index (χ3v) is 4.94. The maximum atomic E-state index is 12.3. The fourth-order valence-corrected chi connectivity index (χ4v) is 3.78. The van der Waals surface area contributed by atoms with Crippen LogP contribution >= 0.6 is 0 Å². The molecule has 0 saturated heterocycles. The molecule has 5 atom stereocenters. The molecule has 0 bridgehead atoms. The van der Waals surface area contributed by atoms with E-state index in [0.29, 0.717) is 11.8 Å². The SMILES string of the molecule is CC1CCC(CNC(=O)C2C(C)CCCC2N)C1. The van der Waals surface area contributed by atoms with Crippen molar-refractivity contribution in [1.82, 2.24) is 5.32 Å². The zero-order valence-electron chi connectivity index (χ0n) is 11.8. The lowest BCUT2D eigenvalue weighted by molar-refractivity contribution is -0.128. The molecule has 5 unspecified atom stereocenters. The van der Waals surface area contributed by atoms with Gasteiger partial charge >= 0.3 is 0 Å². The summed E-state index contributed by atoms with van der Waals surface area (Å²) in [5, 5.41) is 3.16. The third-order valence-electron chi connectivity index (χ3n) is 4.94. The Hall–Kier alpha value is -0.570. The largest absolute Gasteiger partial charge is 0.356 e. The van der Waals surface area contributed by atoms with Gasteiger partial charge in [-0.05, 0) is 43.4 Å². The van der Waals surface area contributed by atoms with Crippen LogP contribution in [0.3, 0.4) is 0 Å². The molecule has 0 radical (unpaired) electrons. The molecule has 104 valence electrons. The Labute approximate surface area is 111 Å². The average Bonchev–Trinajstić information content (AvgIpc) is 2.72. The quantitative estimate of drug-likeness (QED) is 0.810. The monoisotopic (exact) mass is 252 g/mol. The van der Waals surface area contributed by atoms with E-state index in [-0.39, 0.29) is 17.9 Å². The van der Waals surface area contributed by atoms with Crippen LogP contribution in [-0.2, 0) is 4.79 Å². The molecule has 3 heteroatoms. The summed E-state index contributed by atoms with van der Waals surface area (Å²) >= 11 is 0. The van der Waals surface area contributed by atoms with E-state index in [0.717, 1.165) is 25.3 Å². The summed E-state index contributed by atoms with van der Waals surface area (Å²) in [6.07, 6.45) is 7.18. The summed E-state index contributed by atoms with van der Waals surface area (Å²) in [5.74, 6) is 2.21. The number of rotatable bonds is 3. The van der Waals surface area contributed by atoms with Gasteiger partial charge in [-0.25, -0.2) is 0 Å². The van der Waals surface area contributed by atoms with Crippen molar-refractivity contribution in [1.29, 1.82) is 0 Å². The van der Waals surface area contributed by atoms with Crippen molar-refractivity contribution >= 4 is 5.91 Å². The molecular weight excluding hydrogens is 224 g/mol. The molecule has 0 aliphatic heterocycles. The lowest BCUT2D eigenvalue weighted by Gasteiger charge is -2.33. The minimum absolute atomic E-state index is 0.0394. The van der Waals surface area contributed by atoms with Crippen molar-refractivity contribution < 1.29 is 4.79 Å². The van der Waals surface area contributed by atoms with Gasteiger partial charge in [0.25, 0.3) is 0 Å². The van der Waals surface area contributed by atoms with Crippen molar-refractivity contribution in [3.8, 4) is 0 Å². The molecule has 0 spiro atoms. The first kappa shape index (κ1) is 13.9. The Morgan fingerprint density at radius 1 is 1.22 bits per heavy atom. The van der Waals surface area contributed by atoms with Gasteiger partial charge in [0.1, 0.15) is 0 Å². The number of nitrogens with two attached hydrogens (primary N) is 1. The molecule has 3 nitrogen and oxygen atoms in total. The summed E-state index contributed by atoms with van der Waals surface area (Å²) in [4.78, 5) is 12.3. The second-order valence-corrected chi connectivity index (χ2v) is 6.63. The Kier molecular flexibility index (Phi) is 4.66. The van der Waals surface area contributed by atoms with E-state index in [9.17, 15) is 4.79 Å². The summed E-state index contributed by atoms with van der Waals surface area (Å²) in [5.41, 5.74) is 6.12. The summed E-state index contributed by atoms with van der Waals surface area (Å²) in [7, 11) is 0. The first-order valence-electron chi connectivity index (χ1n) is 7.61. The highest BCUT2D eigenvalue weighted by Gasteiger charge is 2.34. The number of carbonyl (C=O) groups excluding carboxylic acids is 1. The van der Waals surface area contributed by atoms with Crippen LogP contribution in [0.4, 0.5) is 0 Å². The van der Waals surface area contributed by atoms with Gasteiger partial charge in [0.05, 0.1) is 5.92 Å². The molecule has 0 aromatic rings. The molecule has 2 aliphatic carbocycles. The van der Waals surface area contributed by atoms with E-state index >= 15 is 0 Å². The zero-order valence-corrected chi connectivity index (χ0v) is 11.8. The Bertz CT molecular complexity index is 282. The zero-order chi connectivity index (χ0) is 13.1. The molecule has 0 heterocycles. The van der Waals surface area contributed by atoms with E-state index in [1.807, 2.05) is 0 Å². The van der Waals surface area contributed by atoms with Crippen molar-refractivity contribution in [3.63, 3.8) is 0 Å². The van der Waals surface area contributed by atoms with Gasteiger partial charge in [-0.2, -0.15) is 0 Å². The first-order valence-corrected chi connectivity index (χ1v) is 7.61. The highest BCUT2D eigenvalue weighted by molar-refractivity contribution is 5.79. The maximum Gasteiger partial charge on any atom is 0.224 e. The number of amides is 1. The Morgan fingerprint density at radius 2 is 2.00 bits per heavy atom. The van der Waals surface area contributed by atoms with Gasteiger partial charge in [-0.15, -0.1) is 0 Å². The van der Waals surface area contributed by atoms with E-state index < -0.39 is 0 Å². The fraction of sp³-hybridized carbons (Fsp3) is 0.933. The van der Waals surface area contributed by atoms with Crippen molar-refractivity contribution in [2.75, 3.05) is 6.54 Å². The Morgan fingerprint density at radius 3 is 2.61 bits per heavy atom. The number of carbonyl (C=O) groups is 1. The molecule has 1 amide bonds. The lowest BCUT2D eigenvalue weighted by Crippen LogP contribution is -2.48. The van der Waals surface area contributed by atoms with Gasteiger partial charge in [-0.1, -0.05) is 26.7 Å². The molecule has 0 aromatic carbocycles. The first-order chi connectivity index (χ1) is 8.58. The minimum atomic E-state index is 0.0394. The van der Waals surface area contributed by atoms with Gasteiger partial charge in [0, 0.05) is 12.6 Å². The molecular formula is C15H28N2O. The second-order valence-electron chi connectivity index (χ2n) is 6.63. The highest BCUT2D eigenvalue weighted by Crippen LogP contribution is 2.31. The number of hydrogen-bond donors (Lipinski definition) is 2. The van der Waals surface area contributed by atoms with E-state index in [1.54, 1.807) is 0 Å². The van der Waals surface area contributed by atoms with Gasteiger partial charge < -0.3 is 11.1 Å². The van der Waals surface area contributed by atoms with Crippen molar-refractivity contribution in [2.45, 2.75) is 58.4 Å². The normalized spacial score (nSPS) is 40.7. The van der Waals surface area contributed by atoms with Crippen LogP contribution in [0.15, 0.2) is 0 Å². The third kappa shape index (κ3) is 3.25. The lowest BCUT2D eigenvalue weighted by atomic mass is 9.76. The number of hydrogen-bond acceptors (Lipinski definition) is 2. The second kappa shape index (κ2) is 6.05. The van der Waals surface area contributed by atoms with Gasteiger partial charge in [-0.3, -0.25) is 4.79 Å². The predicted molar refractivity (Wildman–Crippen MR) is 74.0 cm³/mol. The molecule has 0 aromatic heterocycles. The minimum Gasteiger partial charge on any atom is -0.356 e. The molecule has 2 aliphatic rings. The van der Waals surface area contributed by atoms with Crippen LogP contribution in [0.2, 0.25) is 0 Å². The van der Waals surface area contributed by atoms with Crippen LogP contribution in [0.25, 0.3) is 0 Å². The van der Waals surface area contributed by atoms with Gasteiger partial charge in [0.2, 0.25) is 5.91 Å². The Balaban J connectivity index is 1.79. The van der Waals surface area contributed by atoms with Crippen LogP contribution in [-0.4, -0.2) is 18.5 Å². The average molecular weight is 252 g/mol. The van der Waals surface area contributed by atoms with Crippen LogP contribution in [0.1, 0.15) is 52.4 Å². The molecule has 3 N–H and O–H groups in total. The summed E-state index contributed by atoms with van der Waals surface area (Å²) < 4.78 is 0. The topological polar surface area (TPSA) is 55.1 Å². The summed E-state index contributed by atoms with van der Waals surface area (Å²) in [6.45, 7) is 5.33. The van der Waals surface area contributed by atoms with Crippen LogP contribution in [0, 0.1) is 23.7 Å².